The van der Waals surface area contributed by atoms with E-state index in [1.54, 1.807) is 0 Å². The third-order valence-electron chi connectivity index (χ3n) is 3.69. The van der Waals surface area contributed by atoms with Crippen molar-refractivity contribution in [3.63, 3.8) is 0 Å². The third kappa shape index (κ3) is 5.07. The van der Waals surface area contributed by atoms with Crippen LogP contribution in [0.15, 0.2) is 0 Å². The van der Waals surface area contributed by atoms with Crippen LogP contribution in [0, 0.1) is 5.92 Å². The Kier molecular flexibility index (Phi) is 6.78. The SMILES string of the molecule is CCSCCNCC1(O)CCC(CC)CC1. The van der Waals surface area contributed by atoms with Gasteiger partial charge in [-0.25, -0.2) is 0 Å². The van der Waals surface area contributed by atoms with Crippen molar-refractivity contribution in [3.05, 3.63) is 0 Å². The molecular formula is C13H27NOS. The summed E-state index contributed by atoms with van der Waals surface area (Å²) in [6.07, 6.45) is 5.66. The molecule has 0 aromatic rings. The summed E-state index contributed by atoms with van der Waals surface area (Å²) in [5.74, 6) is 3.20. The standard InChI is InChI=1S/C13H27NOS/c1-3-12-5-7-13(15,8-6-12)11-14-9-10-16-4-2/h12,14-15H,3-11H2,1-2H3. The van der Waals surface area contributed by atoms with Gasteiger partial charge in [0.15, 0.2) is 0 Å². The number of thioether (sulfide) groups is 1. The van der Waals surface area contributed by atoms with E-state index in [2.05, 4.69) is 19.2 Å². The van der Waals surface area contributed by atoms with E-state index < -0.39 is 5.60 Å². The van der Waals surface area contributed by atoms with Crippen LogP contribution in [-0.4, -0.2) is 35.3 Å². The van der Waals surface area contributed by atoms with Gasteiger partial charge < -0.3 is 10.4 Å². The van der Waals surface area contributed by atoms with Gasteiger partial charge in [0.2, 0.25) is 0 Å². The van der Waals surface area contributed by atoms with Crippen LogP contribution in [0.3, 0.4) is 0 Å². The van der Waals surface area contributed by atoms with Gasteiger partial charge in [-0.2, -0.15) is 11.8 Å². The Labute approximate surface area is 105 Å². The molecule has 1 aliphatic carbocycles. The highest BCUT2D eigenvalue weighted by Gasteiger charge is 2.31. The minimum Gasteiger partial charge on any atom is -0.389 e. The molecule has 0 aromatic carbocycles. The molecule has 16 heavy (non-hydrogen) atoms. The largest absolute Gasteiger partial charge is 0.389 e. The van der Waals surface area contributed by atoms with E-state index in [9.17, 15) is 5.11 Å². The van der Waals surface area contributed by atoms with Crippen LogP contribution in [0.5, 0.6) is 0 Å². The van der Waals surface area contributed by atoms with E-state index >= 15 is 0 Å². The summed E-state index contributed by atoms with van der Waals surface area (Å²) in [6, 6.07) is 0. The van der Waals surface area contributed by atoms with Gasteiger partial charge in [0.1, 0.15) is 0 Å². The first-order chi connectivity index (χ1) is 7.70. The summed E-state index contributed by atoms with van der Waals surface area (Å²) in [4.78, 5) is 0. The molecule has 0 radical (unpaired) electrons. The molecule has 2 nitrogen and oxygen atoms in total. The first-order valence-corrected chi connectivity index (χ1v) is 7.86. The van der Waals surface area contributed by atoms with Crippen molar-refractivity contribution in [2.45, 2.75) is 51.6 Å². The van der Waals surface area contributed by atoms with Gasteiger partial charge in [-0.3, -0.25) is 0 Å². The fraction of sp³-hybridized carbons (Fsp3) is 1.00. The van der Waals surface area contributed by atoms with E-state index in [1.165, 1.54) is 25.0 Å². The molecule has 0 spiro atoms. The van der Waals surface area contributed by atoms with Gasteiger partial charge in [0.05, 0.1) is 5.60 Å². The average molecular weight is 245 g/mol. The van der Waals surface area contributed by atoms with Crippen molar-refractivity contribution in [1.29, 1.82) is 0 Å². The minimum atomic E-state index is -0.414. The maximum Gasteiger partial charge on any atom is 0.0771 e. The van der Waals surface area contributed by atoms with E-state index in [0.29, 0.717) is 0 Å². The second kappa shape index (κ2) is 7.57. The Morgan fingerprint density at radius 3 is 2.56 bits per heavy atom. The normalized spacial score (nSPS) is 30.6. The zero-order chi connectivity index (χ0) is 11.9. The summed E-state index contributed by atoms with van der Waals surface area (Å²) in [6.45, 7) is 6.26. The Balaban J connectivity index is 2.11. The van der Waals surface area contributed by atoms with Crippen LogP contribution >= 0.6 is 11.8 Å². The molecule has 0 heterocycles. The van der Waals surface area contributed by atoms with E-state index in [1.807, 2.05) is 11.8 Å². The van der Waals surface area contributed by atoms with Crippen molar-refractivity contribution >= 4 is 11.8 Å². The second-order valence-corrected chi connectivity index (χ2v) is 6.34. The van der Waals surface area contributed by atoms with Gasteiger partial charge in [-0.05, 0) is 37.4 Å². The van der Waals surface area contributed by atoms with Gasteiger partial charge in [0, 0.05) is 18.8 Å². The molecule has 1 rings (SSSR count). The molecular weight excluding hydrogens is 218 g/mol. The summed E-state index contributed by atoms with van der Waals surface area (Å²) in [7, 11) is 0. The van der Waals surface area contributed by atoms with Gasteiger partial charge in [-0.15, -0.1) is 0 Å². The summed E-state index contributed by atoms with van der Waals surface area (Å²) >= 11 is 1.95. The smallest absolute Gasteiger partial charge is 0.0771 e. The fourth-order valence-electron chi connectivity index (χ4n) is 2.41. The maximum atomic E-state index is 10.4. The van der Waals surface area contributed by atoms with E-state index in [0.717, 1.165) is 37.6 Å². The molecule has 1 saturated carbocycles. The lowest BCUT2D eigenvalue weighted by molar-refractivity contribution is -0.00809. The van der Waals surface area contributed by atoms with Crippen molar-refractivity contribution in [2.75, 3.05) is 24.6 Å². The molecule has 0 amide bonds. The Bertz CT molecular complexity index is 179. The molecule has 1 fully saturated rings. The van der Waals surface area contributed by atoms with Crippen LogP contribution in [0.1, 0.15) is 46.0 Å². The van der Waals surface area contributed by atoms with Gasteiger partial charge in [-0.1, -0.05) is 20.3 Å². The minimum absolute atomic E-state index is 0.414. The lowest BCUT2D eigenvalue weighted by Crippen LogP contribution is -2.44. The Morgan fingerprint density at radius 1 is 1.31 bits per heavy atom. The number of rotatable bonds is 7. The zero-order valence-electron chi connectivity index (χ0n) is 10.8. The second-order valence-electron chi connectivity index (χ2n) is 4.95. The molecule has 0 aromatic heterocycles. The molecule has 0 bridgehead atoms. The highest BCUT2D eigenvalue weighted by molar-refractivity contribution is 7.99. The third-order valence-corrected chi connectivity index (χ3v) is 4.60. The predicted molar refractivity (Wildman–Crippen MR) is 73.1 cm³/mol. The molecule has 0 aliphatic heterocycles. The van der Waals surface area contributed by atoms with Gasteiger partial charge >= 0.3 is 0 Å². The first kappa shape index (κ1) is 14.3. The number of nitrogens with one attached hydrogen (secondary N) is 1. The van der Waals surface area contributed by atoms with Crippen LogP contribution in [0.4, 0.5) is 0 Å². The van der Waals surface area contributed by atoms with Crippen molar-refractivity contribution in [2.24, 2.45) is 5.92 Å². The van der Waals surface area contributed by atoms with Crippen LogP contribution < -0.4 is 5.32 Å². The van der Waals surface area contributed by atoms with E-state index in [4.69, 9.17) is 0 Å². The lowest BCUT2D eigenvalue weighted by Gasteiger charge is -2.36. The van der Waals surface area contributed by atoms with Crippen molar-refractivity contribution in [1.82, 2.24) is 5.32 Å². The first-order valence-electron chi connectivity index (χ1n) is 6.71. The molecule has 2 N–H and O–H groups in total. The van der Waals surface area contributed by atoms with Crippen LogP contribution in [0.2, 0.25) is 0 Å². The van der Waals surface area contributed by atoms with Crippen molar-refractivity contribution < 1.29 is 5.11 Å². The summed E-state index contributed by atoms with van der Waals surface area (Å²) in [5, 5.41) is 13.8. The molecule has 3 heteroatoms. The van der Waals surface area contributed by atoms with Crippen LogP contribution in [0.25, 0.3) is 0 Å². The quantitative estimate of drug-likeness (QED) is 0.676. The number of hydrogen-bond donors (Lipinski definition) is 2. The summed E-state index contributed by atoms with van der Waals surface area (Å²) in [5.41, 5.74) is -0.414. The number of hydrogen-bond acceptors (Lipinski definition) is 3. The Hall–Kier alpha value is 0.270. The highest BCUT2D eigenvalue weighted by Crippen LogP contribution is 2.33. The fourth-order valence-corrected chi connectivity index (χ4v) is 2.99. The Morgan fingerprint density at radius 2 is 2.00 bits per heavy atom. The molecule has 0 unspecified atom stereocenters. The zero-order valence-corrected chi connectivity index (χ0v) is 11.6. The molecule has 96 valence electrons. The van der Waals surface area contributed by atoms with E-state index in [-0.39, 0.29) is 0 Å². The topological polar surface area (TPSA) is 32.3 Å². The van der Waals surface area contributed by atoms with Crippen molar-refractivity contribution in [3.8, 4) is 0 Å². The maximum absolute atomic E-state index is 10.4. The van der Waals surface area contributed by atoms with Gasteiger partial charge in [0.25, 0.3) is 0 Å². The monoisotopic (exact) mass is 245 g/mol. The lowest BCUT2D eigenvalue weighted by atomic mass is 9.78. The molecule has 0 atom stereocenters. The summed E-state index contributed by atoms with van der Waals surface area (Å²) < 4.78 is 0. The number of aliphatic hydroxyl groups is 1. The molecule has 1 aliphatic rings. The van der Waals surface area contributed by atoms with Crippen LogP contribution in [-0.2, 0) is 0 Å². The molecule has 0 saturated heterocycles. The average Bonchev–Trinajstić information content (AvgIpc) is 2.30. The predicted octanol–water partition coefficient (Wildman–Crippen LogP) is 2.66. The highest BCUT2D eigenvalue weighted by atomic mass is 32.2.